The molecule has 2 aromatic rings. The van der Waals surface area contributed by atoms with Gasteiger partial charge in [0.25, 0.3) is 0 Å². The number of ether oxygens (including phenoxy) is 2. The van der Waals surface area contributed by atoms with Gasteiger partial charge in [0.1, 0.15) is 24.0 Å². The number of Topliss-reactive ketones (excluding diaryl/α,β-unsaturated/α-hetero) is 1. The Balaban J connectivity index is 1.67. The van der Waals surface area contributed by atoms with E-state index in [2.05, 4.69) is 4.99 Å². The van der Waals surface area contributed by atoms with Gasteiger partial charge in [-0.15, -0.1) is 0 Å². The first kappa shape index (κ1) is 21.0. The van der Waals surface area contributed by atoms with Gasteiger partial charge in [0.05, 0.1) is 18.6 Å². The molecular weight excluding hydrogens is 397 g/mol. The third kappa shape index (κ3) is 4.29. The molecule has 1 aliphatic carbocycles. The van der Waals surface area contributed by atoms with Gasteiger partial charge in [0.15, 0.2) is 0 Å². The third-order valence-corrected chi connectivity index (χ3v) is 5.86. The number of carbonyl (C=O) groups excluding carboxylic acids is 2. The molecule has 4 rings (SSSR count). The van der Waals surface area contributed by atoms with Crippen LogP contribution in [0.15, 0.2) is 64.8 Å². The van der Waals surface area contributed by atoms with Gasteiger partial charge in [-0.05, 0) is 55.2 Å². The first-order chi connectivity index (χ1) is 15.0. The van der Waals surface area contributed by atoms with Crippen molar-refractivity contribution in [3.05, 3.63) is 76.7 Å². The molecule has 0 radical (unpaired) electrons. The van der Waals surface area contributed by atoms with Crippen LogP contribution in [-0.2, 0) is 20.9 Å². The van der Waals surface area contributed by atoms with Crippen molar-refractivity contribution in [2.24, 2.45) is 10.9 Å². The summed E-state index contributed by atoms with van der Waals surface area (Å²) in [5.74, 6) is -1.35. The number of halogens is 1. The summed E-state index contributed by atoms with van der Waals surface area (Å²) in [4.78, 5) is 30.6. The fraction of sp³-hybridized carbons (Fsp3) is 0.320. The van der Waals surface area contributed by atoms with Gasteiger partial charge in [0.2, 0.25) is 0 Å². The van der Waals surface area contributed by atoms with E-state index in [0.29, 0.717) is 35.4 Å². The van der Waals surface area contributed by atoms with Crippen LogP contribution in [0.3, 0.4) is 0 Å². The Hall–Kier alpha value is -3.28. The Morgan fingerprint density at radius 2 is 1.90 bits per heavy atom. The van der Waals surface area contributed by atoms with Crippen molar-refractivity contribution in [2.75, 3.05) is 7.11 Å². The SMILES string of the molecule is COc1ccc(COC(=O)C2=C(C)N=C3CCCC(=O)C3C2c2cccc(F)c2)cc1. The Morgan fingerprint density at radius 1 is 1.13 bits per heavy atom. The lowest BCUT2D eigenvalue weighted by Crippen LogP contribution is -2.39. The number of benzene rings is 2. The number of fused-ring (bicyclic) bond motifs is 1. The van der Waals surface area contributed by atoms with Crippen LogP contribution in [0.5, 0.6) is 5.75 Å². The maximum atomic E-state index is 14.0. The molecule has 31 heavy (non-hydrogen) atoms. The average molecular weight is 421 g/mol. The third-order valence-electron chi connectivity index (χ3n) is 5.86. The highest BCUT2D eigenvalue weighted by Crippen LogP contribution is 2.43. The van der Waals surface area contributed by atoms with E-state index in [1.165, 1.54) is 12.1 Å². The predicted octanol–water partition coefficient (Wildman–Crippen LogP) is 4.76. The van der Waals surface area contributed by atoms with Crippen molar-refractivity contribution in [3.8, 4) is 5.75 Å². The highest BCUT2D eigenvalue weighted by molar-refractivity contribution is 6.11. The van der Waals surface area contributed by atoms with Crippen LogP contribution in [-0.4, -0.2) is 24.6 Å². The number of hydrogen-bond acceptors (Lipinski definition) is 5. The van der Waals surface area contributed by atoms with E-state index >= 15 is 0 Å². The van der Waals surface area contributed by atoms with Crippen molar-refractivity contribution >= 4 is 17.5 Å². The second kappa shape index (κ2) is 8.84. The topological polar surface area (TPSA) is 65.0 Å². The fourth-order valence-electron chi connectivity index (χ4n) is 4.39. The van der Waals surface area contributed by atoms with Gasteiger partial charge >= 0.3 is 5.97 Å². The highest BCUT2D eigenvalue weighted by Gasteiger charge is 2.43. The number of ketones is 1. The first-order valence-corrected chi connectivity index (χ1v) is 10.3. The zero-order valence-electron chi connectivity index (χ0n) is 17.6. The van der Waals surface area contributed by atoms with E-state index in [0.717, 1.165) is 17.7 Å². The molecule has 0 bridgehead atoms. The van der Waals surface area contributed by atoms with Crippen molar-refractivity contribution in [1.82, 2.24) is 0 Å². The molecule has 1 heterocycles. The fourth-order valence-corrected chi connectivity index (χ4v) is 4.39. The number of hydrogen-bond donors (Lipinski definition) is 0. The lowest BCUT2D eigenvalue weighted by molar-refractivity contribution is -0.140. The monoisotopic (exact) mass is 421 g/mol. The van der Waals surface area contributed by atoms with Gasteiger partial charge < -0.3 is 9.47 Å². The van der Waals surface area contributed by atoms with Crippen LogP contribution < -0.4 is 4.74 Å². The number of carbonyl (C=O) groups is 2. The van der Waals surface area contributed by atoms with E-state index in [4.69, 9.17) is 9.47 Å². The van der Waals surface area contributed by atoms with Gasteiger partial charge in [-0.2, -0.15) is 0 Å². The van der Waals surface area contributed by atoms with Gasteiger partial charge in [-0.3, -0.25) is 9.79 Å². The summed E-state index contributed by atoms with van der Waals surface area (Å²) in [5, 5.41) is 0. The highest BCUT2D eigenvalue weighted by atomic mass is 19.1. The Labute approximate surface area is 180 Å². The van der Waals surface area contributed by atoms with Gasteiger partial charge in [-0.25, -0.2) is 9.18 Å². The maximum absolute atomic E-state index is 14.0. The van der Waals surface area contributed by atoms with E-state index < -0.39 is 23.6 Å². The number of methoxy groups -OCH3 is 1. The summed E-state index contributed by atoms with van der Waals surface area (Å²) >= 11 is 0. The molecule has 0 spiro atoms. The lowest BCUT2D eigenvalue weighted by atomic mass is 9.69. The molecule has 1 fully saturated rings. The number of esters is 1. The van der Waals surface area contributed by atoms with Crippen molar-refractivity contribution < 1.29 is 23.5 Å². The maximum Gasteiger partial charge on any atom is 0.336 e. The molecule has 1 aliphatic heterocycles. The van der Waals surface area contributed by atoms with Crippen LogP contribution in [0.1, 0.15) is 43.2 Å². The minimum absolute atomic E-state index is 0.0345. The molecule has 0 aromatic heterocycles. The van der Waals surface area contributed by atoms with Crippen LogP contribution in [0, 0.1) is 11.7 Å². The molecule has 2 atom stereocenters. The largest absolute Gasteiger partial charge is 0.497 e. The summed E-state index contributed by atoms with van der Waals surface area (Å²) in [6, 6.07) is 13.3. The van der Waals surface area contributed by atoms with E-state index in [1.54, 1.807) is 38.3 Å². The molecule has 2 unspecified atom stereocenters. The Bertz CT molecular complexity index is 1070. The molecule has 0 N–H and O–H groups in total. The number of nitrogens with zero attached hydrogens (tertiary/aromatic N) is 1. The van der Waals surface area contributed by atoms with E-state index in [9.17, 15) is 14.0 Å². The molecular formula is C25H24FNO4. The van der Waals surface area contributed by atoms with Crippen molar-refractivity contribution in [3.63, 3.8) is 0 Å². The van der Waals surface area contributed by atoms with Crippen molar-refractivity contribution in [2.45, 2.75) is 38.7 Å². The molecule has 0 amide bonds. The smallest absolute Gasteiger partial charge is 0.336 e. The van der Waals surface area contributed by atoms with Gasteiger partial charge in [0, 0.05) is 23.7 Å². The minimum atomic E-state index is -0.598. The van der Waals surface area contributed by atoms with Gasteiger partial charge in [-0.1, -0.05) is 24.3 Å². The summed E-state index contributed by atoms with van der Waals surface area (Å²) in [6.07, 6.45) is 1.88. The normalized spacial score (nSPS) is 20.7. The standard InChI is InChI=1S/C25H24FNO4/c1-15-22(25(29)31-14-16-9-11-19(30-2)12-10-16)23(17-5-3-6-18(26)13-17)24-20(27-15)7-4-8-21(24)28/h3,5-6,9-13,23-24H,4,7-8,14H2,1-2H3. The molecule has 5 nitrogen and oxygen atoms in total. The molecule has 2 aromatic carbocycles. The molecule has 2 aliphatic rings. The zero-order valence-corrected chi connectivity index (χ0v) is 17.6. The lowest BCUT2D eigenvalue weighted by Gasteiger charge is -2.35. The summed E-state index contributed by atoms with van der Waals surface area (Å²) < 4.78 is 24.8. The van der Waals surface area contributed by atoms with E-state index in [1.807, 2.05) is 12.1 Å². The van der Waals surface area contributed by atoms with Crippen LogP contribution >= 0.6 is 0 Å². The van der Waals surface area contributed by atoms with E-state index in [-0.39, 0.29) is 12.4 Å². The van der Waals surface area contributed by atoms with Crippen LogP contribution in [0.25, 0.3) is 0 Å². The number of allylic oxidation sites excluding steroid dienone is 1. The molecule has 6 heteroatoms. The summed E-state index contributed by atoms with van der Waals surface area (Å²) in [5.41, 5.74) is 3.01. The first-order valence-electron chi connectivity index (χ1n) is 10.3. The average Bonchev–Trinajstić information content (AvgIpc) is 2.77. The number of aliphatic imine (C=N–C) groups is 1. The quantitative estimate of drug-likeness (QED) is 0.653. The van der Waals surface area contributed by atoms with Crippen LogP contribution in [0.4, 0.5) is 4.39 Å². The summed E-state index contributed by atoms with van der Waals surface area (Å²) in [6.45, 7) is 1.82. The van der Waals surface area contributed by atoms with Crippen LogP contribution in [0.2, 0.25) is 0 Å². The second-order valence-corrected chi connectivity index (χ2v) is 7.86. The minimum Gasteiger partial charge on any atom is -0.497 e. The Morgan fingerprint density at radius 3 is 2.61 bits per heavy atom. The second-order valence-electron chi connectivity index (χ2n) is 7.86. The predicted molar refractivity (Wildman–Crippen MR) is 114 cm³/mol. The summed E-state index contributed by atoms with van der Waals surface area (Å²) in [7, 11) is 1.58. The van der Waals surface area contributed by atoms with Crippen molar-refractivity contribution in [1.29, 1.82) is 0 Å². The molecule has 160 valence electrons. The number of rotatable bonds is 5. The Kier molecular flexibility index (Phi) is 5.98. The molecule has 1 saturated carbocycles. The zero-order chi connectivity index (χ0) is 22.0. The molecule has 0 saturated heterocycles.